The smallest absolute Gasteiger partial charge is 0.271 e. The van der Waals surface area contributed by atoms with Gasteiger partial charge < -0.3 is 25.0 Å². The van der Waals surface area contributed by atoms with Crippen molar-refractivity contribution >= 4 is 22.7 Å². The molecule has 1 saturated heterocycles. The molecule has 9 heteroatoms. The Kier molecular flexibility index (Phi) is 5.71. The Morgan fingerprint density at radius 1 is 1.32 bits per heavy atom. The first-order chi connectivity index (χ1) is 14.9. The number of aliphatic hydroxyl groups is 1. The summed E-state index contributed by atoms with van der Waals surface area (Å²) >= 11 is 0. The van der Waals surface area contributed by atoms with Crippen molar-refractivity contribution < 1.29 is 19.4 Å². The third-order valence-electron chi connectivity index (χ3n) is 5.58. The third kappa shape index (κ3) is 4.42. The molecule has 9 nitrogen and oxygen atoms in total. The molecule has 1 aliphatic rings. The minimum absolute atomic E-state index is 0.00662. The fourth-order valence-electron chi connectivity index (χ4n) is 3.73. The molecule has 1 fully saturated rings. The molecule has 1 aromatic carbocycles. The van der Waals surface area contributed by atoms with E-state index < -0.39 is 11.5 Å². The molecule has 0 bridgehead atoms. The SMILES string of the molecule is Cc1[nH]c2ccc(C(=O)N3CCOC[C@@](O)(CNC(=O)c4cnccn4)C3)cc2c1C. The Bertz CT molecular complexity index is 1110. The summed E-state index contributed by atoms with van der Waals surface area (Å²) in [6, 6.07) is 5.54. The lowest BCUT2D eigenvalue weighted by Gasteiger charge is -2.31. The number of H-pyrrole nitrogens is 1. The summed E-state index contributed by atoms with van der Waals surface area (Å²) in [4.78, 5) is 38.1. The van der Waals surface area contributed by atoms with Crippen LogP contribution in [-0.2, 0) is 4.74 Å². The number of aromatic amines is 1. The molecule has 4 rings (SSSR count). The van der Waals surface area contributed by atoms with Crippen molar-refractivity contribution in [3.05, 3.63) is 59.3 Å². The molecule has 1 atom stereocenters. The van der Waals surface area contributed by atoms with Gasteiger partial charge in [0.25, 0.3) is 11.8 Å². The number of β-amino-alcohol motifs (C(OH)–C–C–N with tert-alkyl or cyclic N) is 1. The Morgan fingerprint density at radius 3 is 2.94 bits per heavy atom. The molecule has 3 aromatic rings. The molecular weight excluding hydrogens is 398 g/mol. The molecule has 0 radical (unpaired) electrons. The van der Waals surface area contributed by atoms with E-state index in [9.17, 15) is 14.7 Å². The van der Waals surface area contributed by atoms with Gasteiger partial charge >= 0.3 is 0 Å². The second-order valence-corrected chi connectivity index (χ2v) is 7.91. The number of nitrogens with zero attached hydrogens (tertiary/aromatic N) is 3. The highest BCUT2D eigenvalue weighted by molar-refractivity contribution is 5.99. The normalized spacial score (nSPS) is 19.3. The van der Waals surface area contributed by atoms with Crippen LogP contribution in [0.5, 0.6) is 0 Å². The fourth-order valence-corrected chi connectivity index (χ4v) is 3.73. The quantitative estimate of drug-likeness (QED) is 0.580. The Morgan fingerprint density at radius 2 is 2.16 bits per heavy atom. The first-order valence-electron chi connectivity index (χ1n) is 10.1. The van der Waals surface area contributed by atoms with Gasteiger partial charge in [0.15, 0.2) is 0 Å². The van der Waals surface area contributed by atoms with Crippen LogP contribution in [0.2, 0.25) is 0 Å². The van der Waals surface area contributed by atoms with Crippen LogP contribution in [0.4, 0.5) is 0 Å². The van der Waals surface area contributed by atoms with Crippen molar-refractivity contribution in [2.24, 2.45) is 0 Å². The number of carbonyl (C=O) groups excluding carboxylic acids is 2. The van der Waals surface area contributed by atoms with Crippen LogP contribution >= 0.6 is 0 Å². The van der Waals surface area contributed by atoms with Gasteiger partial charge in [0.05, 0.1) is 32.5 Å². The maximum absolute atomic E-state index is 13.2. The van der Waals surface area contributed by atoms with Crippen LogP contribution in [0, 0.1) is 13.8 Å². The van der Waals surface area contributed by atoms with Crippen molar-refractivity contribution in [1.82, 2.24) is 25.2 Å². The topological polar surface area (TPSA) is 120 Å². The number of fused-ring (bicyclic) bond motifs is 1. The first-order valence-corrected chi connectivity index (χ1v) is 10.1. The predicted octanol–water partition coefficient (Wildman–Crippen LogP) is 1.21. The van der Waals surface area contributed by atoms with E-state index in [0.29, 0.717) is 18.7 Å². The molecule has 2 amide bonds. The lowest BCUT2D eigenvalue weighted by molar-refractivity contribution is -0.0324. The highest BCUT2D eigenvalue weighted by atomic mass is 16.5. The van der Waals surface area contributed by atoms with E-state index in [2.05, 4.69) is 20.3 Å². The van der Waals surface area contributed by atoms with Gasteiger partial charge in [0.2, 0.25) is 0 Å². The van der Waals surface area contributed by atoms with Gasteiger partial charge in [-0.25, -0.2) is 4.98 Å². The monoisotopic (exact) mass is 423 g/mol. The van der Waals surface area contributed by atoms with Crippen LogP contribution in [-0.4, -0.2) is 75.2 Å². The van der Waals surface area contributed by atoms with Crippen molar-refractivity contribution in [3.63, 3.8) is 0 Å². The summed E-state index contributed by atoms with van der Waals surface area (Å²) in [6.45, 7) is 4.63. The predicted molar refractivity (Wildman–Crippen MR) is 114 cm³/mol. The summed E-state index contributed by atoms with van der Waals surface area (Å²) in [6.07, 6.45) is 4.24. The van der Waals surface area contributed by atoms with Crippen LogP contribution < -0.4 is 5.32 Å². The summed E-state index contributed by atoms with van der Waals surface area (Å²) < 4.78 is 5.53. The molecular formula is C22H25N5O4. The number of hydrogen-bond acceptors (Lipinski definition) is 6. The van der Waals surface area contributed by atoms with Crippen LogP contribution in [0.15, 0.2) is 36.8 Å². The number of carbonyl (C=O) groups is 2. The maximum atomic E-state index is 13.2. The zero-order valence-corrected chi connectivity index (χ0v) is 17.5. The number of aryl methyl sites for hydroxylation is 2. The van der Waals surface area contributed by atoms with Gasteiger partial charge in [-0.1, -0.05) is 0 Å². The van der Waals surface area contributed by atoms with Gasteiger partial charge in [-0.3, -0.25) is 14.6 Å². The molecule has 0 unspecified atom stereocenters. The number of ether oxygens (including phenoxy) is 1. The summed E-state index contributed by atoms with van der Waals surface area (Å²) in [5, 5.41) is 14.7. The molecule has 0 aliphatic carbocycles. The number of benzene rings is 1. The number of rotatable bonds is 4. The van der Waals surface area contributed by atoms with Crippen LogP contribution in [0.25, 0.3) is 10.9 Å². The van der Waals surface area contributed by atoms with Crippen LogP contribution in [0.3, 0.4) is 0 Å². The van der Waals surface area contributed by atoms with Crippen LogP contribution in [0.1, 0.15) is 32.1 Å². The zero-order chi connectivity index (χ0) is 22.0. The van der Waals surface area contributed by atoms with Crippen molar-refractivity contribution in [2.45, 2.75) is 19.4 Å². The van der Waals surface area contributed by atoms with Crippen molar-refractivity contribution in [3.8, 4) is 0 Å². The van der Waals surface area contributed by atoms with Gasteiger partial charge in [-0.2, -0.15) is 0 Å². The second kappa shape index (κ2) is 8.44. The molecule has 3 heterocycles. The minimum atomic E-state index is -1.42. The highest BCUT2D eigenvalue weighted by Crippen LogP contribution is 2.24. The van der Waals surface area contributed by atoms with Gasteiger partial charge in [0.1, 0.15) is 11.3 Å². The standard InChI is InChI=1S/C22H25N5O4/c1-14-15(2)26-18-4-3-16(9-17(14)18)21(29)27-7-8-31-13-22(30,12-27)11-25-20(28)19-10-23-5-6-24-19/h3-6,9-10,26,30H,7-8,11-13H2,1-2H3,(H,25,28)/t22-/m1/s1. The lowest BCUT2D eigenvalue weighted by atomic mass is 10.0. The Balaban J connectivity index is 1.49. The molecule has 162 valence electrons. The van der Waals surface area contributed by atoms with Gasteiger partial charge in [-0.15, -0.1) is 0 Å². The molecule has 2 aromatic heterocycles. The minimum Gasteiger partial charge on any atom is -0.384 e. The number of hydrogen-bond donors (Lipinski definition) is 3. The van der Waals surface area contributed by atoms with Crippen molar-refractivity contribution in [1.29, 1.82) is 0 Å². The van der Waals surface area contributed by atoms with E-state index >= 15 is 0 Å². The summed E-state index contributed by atoms with van der Waals surface area (Å²) in [5.74, 6) is -0.642. The molecule has 31 heavy (non-hydrogen) atoms. The highest BCUT2D eigenvalue weighted by Gasteiger charge is 2.35. The average molecular weight is 423 g/mol. The van der Waals surface area contributed by atoms with Gasteiger partial charge in [0, 0.05) is 41.1 Å². The largest absolute Gasteiger partial charge is 0.384 e. The summed E-state index contributed by atoms with van der Waals surface area (Å²) in [5.41, 5.74) is 2.42. The zero-order valence-electron chi connectivity index (χ0n) is 17.5. The first kappa shape index (κ1) is 21.0. The van der Waals surface area contributed by atoms with E-state index in [1.807, 2.05) is 26.0 Å². The van der Waals surface area contributed by atoms with E-state index in [4.69, 9.17) is 4.74 Å². The Labute approximate surface area is 179 Å². The second-order valence-electron chi connectivity index (χ2n) is 7.91. The molecule has 0 spiro atoms. The molecule has 0 saturated carbocycles. The van der Waals surface area contributed by atoms with E-state index in [1.165, 1.54) is 18.6 Å². The lowest BCUT2D eigenvalue weighted by Crippen LogP contribution is -2.53. The van der Waals surface area contributed by atoms with Gasteiger partial charge in [-0.05, 0) is 37.6 Å². The third-order valence-corrected chi connectivity index (χ3v) is 5.58. The molecule has 1 aliphatic heterocycles. The summed E-state index contributed by atoms with van der Waals surface area (Å²) in [7, 11) is 0. The van der Waals surface area contributed by atoms with E-state index in [1.54, 1.807) is 11.0 Å². The number of nitrogens with one attached hydrogen (secondary N) is 2. The number of aromatic nitrogens is 3. The average Bonchev–Trinajstić information content (AvgIpc) is 2.94. The maximum Gasteiger partial charge on any atom is 0.271 e. The number of amides is 2. The fraction of sp³-hybridized carbons (Fsp3) is 0.364. The van der Waals surface area contributed by atoms with E-state index in [0.717, 1.165) is 22.2 Å². The van der Waals surface area contributed by atoms with Crippen molar-refractivity contribution in [2.75, 3.05) is 32.8 Å². The Hall–Kier alpha value is -3.30. The van der Waals surface area contributed by atoms with E-state index in [-0.39, 0.29) is 31.3 Å². The molecule has 3 N–H and O–H groups in total.